The molecule has 3 heteroatoms. The summed E-state index contributed by atoms with van der Waals surface area (Å²) in [6.07, 6.45) is 1.46. The molecule has 0 saturated heterocycles. The lowest BCUT2D eigenvalue weighted by Gasteiger charge is -1.81. The fourth-order valence-electron chi connectivity index (χ4n) is 0.163. The molecule has 0 aliphatic heterocycles. The molecule has 0 radical (unpaired) electrons. The van der Waals surface area contributed by atoms with Crippen LogP contribution in [-0.4, -0.2) is 17.7 Å². The molecule has 0 saturated carbocycles. The molecule has 0 aliphatic rings. The highest BCUT2D eigenvalue weighted by Gasteiger charge is 1.73. The Bertz CT molecular complexity index is 77.8. The molecule has 0 atom stereocenters. The summed E-state index contributed by atoms with van der Waals surface area (Å²) < 4.78 is 0. The lowest BCUT2D eigenvalue weighted by atomic mass is 11.0. The van der Waals surface area contributed by atoms with Gasteiger partial charge in [0.15, 0.2) is 0 Å². The molecule has 40 valence electrons. The Kier molecular flexibility index (Phi) is 5.51. The van der Waals surface area contributed by atoms with Gasteiger partial charge in [0.05, 0.1) is 5.88 Å². The second-order valence-electron chi connectivity index (χ2n) is 0.871. The first-order valence-electron chi connectivity index (χ1n) is 2.03. The Hall–Kier alpha value is -0.270. The van der Waals surface area contributed by atoms with Crippen LogP contribution in [0.4, 0.5) is 0 Å². The van der Waals surface area contributed by atoms with E-state index in [1.807, 2.05) is 6.92 Å². The van der Waals surface area contributed by atoms with E-state index in [0.29, 0.717) is 5.88 Å². The quantitative estimate of drug-likeness (QED) is 0.314. The monoisotopic (exact) mass is 117 g/mol. The van der Waals surface area contributed by atoms with Gasteiger partial charge in [0.1, 0.15) is 0 Å². The Morgan fingerprint density at radius 2 is 2.57 bits per heavy atom. The number of thioether (sulfide) groups is 1. The first-order chi connectivity index (χ1) is 3.41. The fraction of sp³-hybridized carbons (Fsp3) is 0.750. The topological polar surface area (TPSA) is 29.4 Å². The van der Waals surface area contributed by atoms with Gasteiger partial charge in [-0.05, 0) is 5.75 Å². The van der Waals surface area contributed by atoms with Gasteiger partial charge in [0.25, 0.3) is 0 Å². The molecule has 0 heterocycles. The van der Waals surface area contributed by atoms with Crippen LogP contribution in [0, 0.1) is 0 Å². The molecule has 0 fully saturated rings. The zero-order valence-electron chi connectivity index (χ0n) is 4.18. The van der Waals surface area contributed by atoms with Crippen molar-refractivity contribution in [2.24, 2.45) is 4.99 Å². The summed E-state index contributed by atoms with van der Waals surface area (Å²) in [4.78, 5) is 12.7. The number of rotatable bonds is 3. The van der Waals surface area contributed by atoms with E-state index in [4.69, 9.17) is 0 Å². The Morgan fingerprint density at radius 3 is 3.00 bits per heavy atom. The Labute approximate surface area is 47.0 Å². The van der Waals surface area contributed by atoms with Crippen LogP contribution < -0.4 is 0 Å². The third kappa shape index (κ3) is 5.73. The van der Waals surface area contributed by atoms with Crippen molar-refractivity contribution in [1.82, 2.24) is 0 Å². The van der Waals surface area contributed by atoms with Crippen LogP contribution in [0.15, 0.2) is 4.99 Å². The van der Waals surface area contributed by atoms with E-state index >= 15 is 0 Å². The Balaban J connectivity index is 2.83. The van der Waals surface area contributed by atoms with E-state index in [0.717, 1.165) is 5.75 Å². The van der Waals surface area contributed by atoms with Gasteiger partial charge in [-0.25, -0.2) is 4.79 Å². The van der Waals surface area contributed by atoms with Gasteiger partial charge in [-0.3, -0.25) is 0 Å². The maximum Gasteiger partial charge on any atom is 0.235 e. The lowest BCUT2D eigenvalue weighted by Crippen LogP contribution is -1.69. The van der Waals surface area contributed by atoms with Crippen LogP contribution in [0.5, 0.6) is 0 Å². The van der Waals surface area contributed by atoms with Gasteiger partial charge in [0, 0.05) is 0 Å². The molecule has 0 amide bonds. The maximum atomic E-state index is 9.37. The molecule has 7 heavy (non-hydrogen) atoms. The minimum Gasteiger partial charge on any atom is -0.211 e. The largest absolute Gasteiger partial charge is 0.235 e. The standard InChI is InChI=1S/C4H7NOS/c1-2-7-4-5-3-6/h2,4H2,1H3. The third-order valence-corrected chi connectivity index (χ3v) is 1.14. The van der Waals surface area contributed by atoms with Gasteiger partial charge < -0.3 is 0 Å². The van der Waals surface area contributed by atoms with Crippen LogP contribution >= 0.6 is 11.8 Å². The molecule has 0 aliphatic carbocycles. The second-order valence-corrected chi connectivity index (χ2v) is 2.12. The molecule has 0 unspecified atom stereocenters. The SMILES string of the molecule is CCSCN=C=O. The summed E-state index contributed by atoms with van der Waals surface area (Å²) in [5.74, 6) is 1.56. The lowest BCUT2D eigenvalue weighted by molar-refractivity contribution is 0.564. The highest BCUT2D eigenvalue weighted by Crippen LogP contribution is 1.95. The summed E-state index contributed by atoms with van der Waals surface area (Å²) in [7, 11) is 0. The van der Waals surface area contributed by atoms with E-state index < -0.39 is 0 Å². The van der Waals surface area contributed by atoms with Crippen molar-refractivity contribution in [1.29, 1.82) is 0 Å². The maximum absolute atomic E-state index is 9.37. The first-order valence-corrected chi connectivity index (χ1v) is 3.18. The summed E-state index contributed by atoms with van der Waals surface area (Å²) in [6.45, 7) is 2.02. The van der Waals surface area contributed by atoms with E-state index in [9.17, 15) is 4.79 Å². The van der Waals surface area contributed by atoms with Crippen molar-refractivity contribution in [3.8, 4) is 0 Å². The Morgan fingerprint density at radius 1 is 1.86 bits per heavy atom. The second kappa shape index (κ2) is 5.73. The zero-order chi connectivity index (χ0) is 5.54. The van der Waals surface area contributed by atoms with Gasteiger partial charge in [-0.1, -0.05) is 6.92 Å². The van der Waals surface area contributed by atoms with Crippen molar-refractivity contribution in [3.63, 3.8) is 0 Å². The van der Waals surface area contributed by atoms with Gasteiger partial charge in [-0.2, -0.15) is 4.99 Å². The number of isocyanates is 1. The number of carbonyl (C=O) groups excluding carboxylic acids is 1. The van der Waals surface area contributed by atoms with Crippen LogP contribution in [0.2, 0.25) is 0 Å². The molecule has 2 nitrogen and oxygen atoms in total. The molecule has 0 rings (SSSR count). The summed E-state index contributed by atoms with van der Waals surface area (Å²) in [5.41, 5.74) is 0. The van der Waals surface area contributed by atoms with E-state index in [1.165, 1.54) is 6.08 Å². The summed E-state index contributed by atoms with van der Waals surface area (Å²) in [6, 6.07) is 0. The molecular weight excluding hydrogens is 110 g/mol. The van der Waals surface area contributed by atoms with Crippen LogP contribution in [-0.2, 0) is 4.79 Å². The molecule has 0 aromatic carbocycles. The number of hydrogen-bond acceptors (Lipinski definition) is 3. The molecule has 0 spiro atoms. The average molecular weight is 117 g/mol. The summed E-state index contributed by atoms with van der Waals surface area (Å²) >= 11 is 1.60. The van der Waals surface area contributed by atoms with Crippen molar-refractivity contribution in [3.05, 3.63) is 0 Å². The number of nitrogens with zero attached hydrogens (tertiary/aromatic N) is 1. The number of aliphatic imine (C=N–C) groups is 1. The van der Waals surface area contributed by atoms with Crippen molar-refractivity contribution < 1.29 is 4.79 Å². The van der Waals surface area contributed by atoms with Gasteiger partial charge in [-0.15, -0.1) is 11.8 Å². The van der Waals surface area contributed by atoms with E-state index in [1.54, 1.807) is 11.8 Å². The minimum atomic E-state index is 0.556. The highest BCUT2D eigenvalue weighted by molar-refractivity contribution is 7.99. The molecule has 0 aromatic heterocycles. The molecule has 0 bridgehead atoms. The van der Waals surface area contributed by atoms with Gasteiger partial charge in [0.2, 0.25) is 6.08 Å². The van der Waals surface area contributed by atoms with Crippen LogP contribution in [0.25, 0.3) is 0 Å². The predicted octanol–water partition coefficient (Wildman–Crippen LogP) is 1.03. The molecular formula is C4H7NOS. The minimum absolute atomic E-state index is 0.556. The smallest absolute Gasteiger partial charge is 0.211 e. The van der Waals surface area contributed by atoms with Crippen LogP contribution in [0.3, 0.4) is 0 Å². The third-order valence-electron chi connectivity index (χ3n) is 0.425. The first kappa shape index (κ1) is 6.73. The fourth-order valence-corrected chi connectivity index (χ4v) is 0.490. The molecule has 0 N–H and O–H groups in total. The predicted molar refractivity (Wildman–Crippen MR) is 31.1 cm³/mol. The molecule has 0 aromatic rings. The zero-order valence-corrected chi connectivity index (χ0v) is 4.99. The van der Waals surface area contributed by atoms with Crippen LogP contribution in [0.1, 0.15) is 6.92 Å². The van der Waals surface area contributed by atoms with E-state index in [-0.39, 0.29) is 0 Å². The summed E-state index contributed by atoms with van der Waals surface area (Å²) in [5, 5.41) is 0. The number of hydrogen-bond donors (Lipinski definition) is 0. The van der Waals surface area contributed by atoms with Gasteiger partial charge >= 0.3 is 0 Å². The average Bonchev–Trinajstić information content (AvgIpc) is 1.69. The highest BCUT2D eigenvalue weighted by atomic mass is 32.2. The van der Waals surface area contributed by atoms with Crippen molar-refractivity contribution in [2.45, 2.75) is 6.92 Å². The normalized spacial score (nSPS) is 7.57. The van der Waals surface area contributed by atoms with Crippen molar-refractivity contribution in [2.75, 3.05) is 11.6 Å². The van der Waals surface area contributed by atoms with Crippen molar-refractivity contribution >= 4 is 17.8 Å². The van der Waals surface area contributed by atoms with E-state index in [2.05, 4.69) is 4.99 Å².